The van der Waals surface area contributed by atoms with Gasteiger partial charge in [0.2, 0.25) is 10.0 Å². The molecule has 1 saturated heterocycles. The van der Waals surface area contributed by atoms with Gasteiger partial charge in [-0.05, 0) is 68.0 Å². The average molecular weight is 445 g/mol. The minimum atomic E-state index is -3.62. The third kappa shape index (κ3) is 4.77. The molecule has 0 atom stereocenters. The molecule has 0 N–H and O–H groups in total. The van der Waals surface area contributed by atoms with E-state index in [9.17, 15) is 13.2 Å². The number of hydrogen-bond acceptors (Lipinski definition) is 4. The maximum Gasteiger partial charge on any atom is 0.260 e. The Morgan fingerprint density at radius 1 is 0.968 bits per heavy atom. The van der Waals surface area contributed by atoms with Crippen molar-refractivity contribution in [3.63, 3.8) is 0 Å². The monoisotopic (exact) mass is 444 g/mol. The van der Waals surface area contributed by atoms with E-state index in [2.05, 4.69) is 0 Å². The van der Waals surface area contributed by atoms with Gasteiger partial charge < -0.3 is 9.64 Å². The van der Waals surface area contributed by atoms with E-state index in [0.29, 0.717) is 18.0 Å². The predicted octanol–water partition coefficient (Wildman–Crippen LogP) is 3.39. The van der Waals surface area contributed by atoms with E-state index in [1.807, 2.05) is 65.0 Å². The van der Waals surface area contributed by atoms with Crippen LogP contribution in [-0.4, -0.2) is 56.3 Å². The SMILES string of the molecule is CCc1ccccc1OCC(=O)N1CCN(S(=O)(=O)c2c(C)c(C)cc(C)c2C)CC1. The molecule has 1 heterocycles. The molecule has 1 aliphatic heterocycles. The molecule has 1 fully saturated rings. The first-order chi connectivity index (χ1) is 14.7. The van der Waals surface area contributed by atoms with Crippen molar-refractivity contribution in [1.29, 1.82) is 0 Å². The van der Waals surface area contributed by atoms with Crippen molar-refractivity contribution >= 4 is 15.9 Å². The van der Waals surface area contributed by atoms with Crippen LogP contribution in [0.1, 0.15) is 34.7 Å². The number of amides is 1. The van der Waals surface area contributed by atoms with Crippen LogP contribution in [0.25, 0.3) is 0 Å². The predicted molar refractivity (Wildman–Crippen MR) is 122 cm³/mol. The highest BCUT2D eigenvalue weighted by Crippen LogP contribution is 2.29. The van der Waals surface area contributed by atoms with Gasteiger partial charge in [-0.25, -0.2) is 8.42 Å². The molecule has 7 heteroatoms. The summed E-state index contributed by atoms with van der Waals surface area (Å²) in [6.07, 6.45) is 0.832. The van der Waals surface area contributed by atoms with Crippen LogP contribution < -0.4 is 4.74 Å². The molecule has 0 aliphatic carbocycles. The summed E-state index contributed by atoms with van der Waals surface area (Å²) in [7, 11) is -3.62. The van der Waals surface area contributed by atoms with E-state index in [0.717, 1.165) is 40.0 Å². The van der Waals surface area contributed by atoms with Crippen molar-refractivity contribution < 1.29 is 17.9 Å². The molecule has 1 aliphatic rings. The summed E-state index contributed by atoms with van der Waals surface area (Å²) >= 11 is 0. The Labute approximate surface area is 185 Å². The van der Waals surface area contributed by atoms with Crippen molar-refractivity contribution in [1.82, 2.24) is 9.21 Å². The van der Waals surface area contributed by atoms with E-state index in [1.165, 1.54) is 4.31 Å². The second-order valence-electron chi connectivity index (χ2n) is 8.12. The zero-order valence-corrected chi connectivity index (χ0v) is 19.9. The van der Waals surface area contributed by atoms with Crippen molar-refractivity contribution in [2.45, 2.75) is 45.9 Å². The fourth-order valence-corrected chi connectivity index (χ4v) is 6.04. The summed E-state index contributed by atoms with van der Waals surface area (Å²) in [5.74, 6) is 0.599. The lowest BCUT2D eigenvalue weighted by atomic mass is 10.0. The van der Waals surface area contributed by atoms with Crippen LogP contribution in [0, 0.1) is 27.7 Å². The van der Waals surface area contributed by atoms with Gasteiger partial charge >= 0.3 is 0 Å². The van der Waals surface area contributed by atoms with Crippen LogP contribution in [0.15, 0.2) is 35.2 Å². The van der Waals surface area contributed by atoms with Crippen molar-refractivity contribution in [3.8, 4) is 5.75 Å². The molecule has 6 nitrogen and oxygen atoms in total. The minimum Gasteiger partial charge on any atom is -0.483 e. The first-order valence-corrected chi connectivity index (χ1v) is 12.2. The second kappa shape index (κ2) is 9.40. The van der Waals surface area contributed by atoms with Crippen molar-refractivity contribution in [2.24, 2.45) is 0 Å². The van der Waals surface area contributed by atoms with Gasteiger partial charge in [0.25, 0.3) is 5.91 Å². The zero-order valence-electron chi connectivity index (χ0n) is 19.1. The Balaban J connectivity index is 1.66. The van der Waals surface area contributed by atoms with Gasteiger partial charge in [0, 0.05) is 26.2 Å². The first kappa shape index (κ1) is 23.3. The highest BCUT2D eigenvalue weighted by molar-refractivity contribution is 7.89. The van der Waals surface area contributed by atoms with Gasteiger partial charge in [0.1, 0.15) is 5.75 Å². The summed E-state index contributed by atoms with van der Waals surface area (Å²) in [6, 6.07) is 9.72. The molecule has 0 bridgehead atoms. The van der Waals surface area contributed by atoms with E-state index in [-0.39, 0.29) is 25.6 Å². The molecule has 1 amide bonds. The molecular weight excluding hydrogens is 412 g/mol. The number of aryl methyl sites for hydroxylation is 3. The van der Waals surface area contributed by atoms with Gasteiger partial charge in [-0.2, -0.15) is 4.31 Å². The molecule has 168 valence electrons. The normalized spacial score (nSPS) is 15.2. The lowest BCUT2D eigenvalue weighted by Gasteiger charge is -2.34. The first-order valence-electron chi connectivity index (χ1n) is 10.7. The summed E-state index contributed by atoms with van der Waals surface area (Å²) in [6.45, 7) is 10.9. The van der Waals surface area contributed by atoms with Crippen LogP contribution in [0.2, 0.25) is 0 Å². The van der Waals surface area contributed by atoms with E-state index in [1.54, 1.807) is 4.90 Å². The van der Waals surface area contributed by atoms with Crippen LogP contribution in [0.4, 0.5) is 0 Å². The molecule has 0 radical (unpaired) electrons. The van der Waals surface area contributed by atoms with E-state index < -0.39 is 10.0 Å². The number of piperazine rings is 1. The number of ether oxygens (including phenoxy) is 1. The van der Waals surface area contributed by atoms with E-state index in [4.69, 9.17) is 4.74 Å². The number of carbonyl (C=O) groups is 1. The third-order valence-corrected chi connectivity index (χ3v) is 8.36. The number of benzene rings is 2. The fourth-order valence-electron chi connectivity index (χ4n) is 4.04. The van der Waals surface area contributed by atoms with Crippen LogP contribution in [-0.2, 0) is 21.2 Å². The minimum absolute atomic E-state index is 0.0426. The van der Waals surface area contributed by atoms with Crippen LogP contribution in [0.5, 0.6) is 5.75 Å². The lowest BCUT2D eigenvalue weighted by molar-refractivity contribution is -0.134. The van der Waals surface area contributed by atoms with Gasteiger partial charge in [-0.3, -0.25) is 4.79 Å². The van der Waals surface area contributed by atoms with Gasteiger partial charge in [-0.1, -0.05) is 31.2 Å². The molecule has 0 aromatic heterocycles. The van der Waals surface area contributed by atoms with Crippen LogP contribution in [0.3, 0.4) is 0 Å². The fraction of sp³-hybridized carbons (Fsp3) is 0.458. The number of nitrogens with zero attached hydrogens (tertiary/aromatic N) is 2. The summed E-state index contributed by atoms with van der Waals surface area (Å²) < 4.78 is 34.0. The lowest BCUT2D eigenvalue weighted by Crippen LogP contribution is -2.51. The number of rotatable bonds is 6. The van der Waals surface area contributed by atoms with Gasteiger partial charge in [0.05, 0.1) is 4.90 Å². The standard InChI is InChI=1S/C24H32N2O4S/c1-6-21-9-7-8-10-22(21)30-16-23(27)25-11-13-26(14-12-25)31(28,29)24-19(4)17(2)15-18(3)20(24)5/h7-10,15H,6,11-14,16H2,1-5H3. The molecule has 2 aromatic rings. The summed E-state index contributed by atoms with van der Waals surface area (Å²) in [5, 5.41) is 0. The highest BCUT2D eigenvalue weighted by Gasteiger charge is 2.33. The Hall–Kier alpha value is -2.38. The molecular formula is C24H32N2O4S. The maximum absolute atomic E-state index is 13.4. The van der Waals surface area contributed by atoms with Crippen molar-refractivity contribution in [3.05, 3.63) is 58.1 Å². The molecule has 2 aromatic carbocycles. The Kier molecular flexibility index (Phi) is 7.06. The quantitative estimate of drug-likeness (QED) is 0.685. The molecule has 0 unspecified atom stereocenters. The van der Waals surface area contributed by atoms with E-state index >= 15 is 0 Å². The summed E-state index contributed by atoms with van der Waals surface area (Å²) in [4.78, 5) is 14.7. The topological polar surface area (TPSA) is 66.9 Å². The largest absolute Gasteiger partial charge is 0.483 e. The number of sulfonamides is 1. The Morgan fingerprint density at radius 2 is 1.55 bits per heavy atom. The smallest absolute Gasteiger partial charge is 0.260 e. The Morgan fingerprint density at radius 3 is 2.13 bits per heavy atom. The molecule has 3 rings (SSSR count). The zero-order chi connectivity index (χ0) is 22.8. The van der Waals surface area contributed by atoms with Crippen molar-refractivity contribution in [2.75, 3.05) is 32.8 Å². The molecule has 0 spiro atoms. The number of para-hydroxylation sites is 1. The average Bonchev–Trinajstić information content (AvgIpc) is 2.76. The highest BCUT2D eigenvalue weighted by atomic mass is 32.2. The van der Waals surface area contributed by atoms with Gasteiger partial charge in [0.15, 0.2) is 6.61 Å². The summed E-state index contributed by atoms with van der Waals surface area (Å²) in [5.41, 5.74) is 4.60. The Bertz CT molecular complexity index is 1040. The number of hydrogen-bond donors (Lipinski definition) is 0. The van der Waals surface area contributed by atoms with Gasteiger partial charge in [-0.15, -0.1) is 0 Å². The van der Waals surface area contributed by atoms with Crippen LogP contribution >= 0.6 is 0 Å². The molecule has 0 saturated carbocycles. The molecule has 31 heavy (non-hydrogen) atoms. The maximum atomic E-state index is 13.4. The third-order valence-electron chi connectivity index (χ3n) is 6.19. The second-order valence-corrected chi connectivity index (χ2v) is 10.00. The number of carbonyl (C=O) groups excluding carboxylic acids is 1.